The van der Waals surface area contributed by atoms with E-state index in [2.05, 4.69) is 5.32 Å². The minimum Gasteiger partial charge on any atom is -0.480 e. The number of amides is 1. The van der Waals surface area contributed by atoms with Gasteiger partial charge >= 0.3 is 12.1 Å². The summed E-state index contributed by atoms with van der Waals surface area (Å²) in [6.45, 7) is 5.15. The summed E-state index contributed by atoms with van der Waals surface area (Å²) in [5, 5.41) is 11.6. The third kappa shape index (κ3) is 7.33. The maximum atomic E-state index is 11.7. The van der Waals surface area contributed by atoms with Gasteiger partial charge in [-0.1, -0.05) is 32.1 Å². The van der Waals surface area contributed by atoms with Gasteiger partial charge in [0.25, 0.3) is 0 Å². The molecule has 20 heavy (non-hydrogen) atoms. The highest BCUT2D eigenvalue weighted by atomic mass is 16.6. The summed E-state index contributed by atoms with van der Waals surface area (Å²) in [6, 6.07) is -1.07. The summed E-state index contributed by atoms with van der Waals surface area (Å²) in [5.41, 5.74) is -0.670. The predicted octanol–water partition coefficient (Wildman–Crippen LogP) is 2.11. The quantitative estimate of drug-likeness (QED) is 0.826. The molecule has 0 unspecified atom stereocenters. The first-order valence-corrected chi connectivity index (χ1v) is 6.84. The maximum absolute atomic E-state index is 11.7. The molecule has 0 aromatic heterocycles. The fraction of sp³-hybridized carbons (Fsp3) is 0.857. The van der Waals surface area contributed by atoms with Crippen molar-refractivity contribution >= 4 is 12.1 Å². The monoisotopic (exact) mass is 290 g/mol. The molecule has 0 heterocycles. The van der Waals surface area contributed by atoms with Crippen molar-refractivity contribution in [2.45, 2.75) is 70.9 Å². The smallest absolute Gasteiger partial charge is 0.408 e. The molecule has 6 nitrogen and oxygen atoms in total. The van der Waals surface area contributed by atoms with Gasteiger partial charge in [0.1, 0.15) is 11.6 Å². The third-order valence-electron chi connectivity index (χ3n) is 3.04. The molecule has 1 saturated carbocycles. The summed E-state index contributed by atoms with van der Waals surface area (Å²) in [7, 11) is 0. The highest BCUT2D eigenvalue weighted by Gasteiger charge is 2.27. The van der Waals surface area contributed by atoms with Gasteiger partial charge < -0.3 is 20.6 Å². The number of hydrogen-bond acceptors (Lipinski definition) is 3. The number of ether oxygens (including phenoxy) is 1. The topological polar surface area (TPSA) is 107 Å². The maximum Gasteiger partial charge on any atom is 0.408 e. The summed E-state index contributed by atoms with van der Waals surface area (Å²) >= 11 is 0. The first-order valence-electron chi connectivity index (χ1n) is 7.34. The minimum atomic E-state index is -1.12. The lowest BCUT2D eigenvalue weighted by molar-refractivity contribution is -0.140. The number of carboxylic acids is 1. The lowest BCUT2D eigenvalue weighted by Crippen LogP contribution is -2.44. The molecule has 0 spiro atoms. The van der Waals surface area contributed by atoms with Gasteiger partial charge in [0.15, 0.2) is 0 Å². The SMILES string of the molecule is O.[2H]C1(C[C@H](NC(=O)OC(C)(C)C)C(=O)O)CCCCC1. The highest BCUT2D eigenvalue weighted by molar-refractivity contribution is 5.80. The van der Waals surface area contributed by atoms with Crippen molar-refractivity contribution in [3.8, 4) is 0 Å². The number of aliphatic carboxylic acids is 1. The largest absolute Gasteiger partial charge is 0.480 e. The zero-order valence-corrected chi connectivity index (χ0v) is 12.5. The van der Waals surface area contributed by atoms with Crippen LogP contribution in [0, 0.1) is 5.89 Å². The van der Waals surface area contributed by atoms with E-state index >= 15 is 0 Å². The van der Waals surface area contributed by atoms with Gasteiger partial charge in [-0.2, -0.15) is 0 Å². The second-order valence-corrected chi connectivity index (χ2v) is 6.05. The molecule has 0 aromatic carbocycles. The standard InChI is InChI=1S/C14H25NO4.H2O/c1-14(2,3)19-13(18)15-11(12(16)17)9-10-7-5-4-6-8-10;/h10-11H,4-9H2,1-3H3,(H,15,18)(H,16,17);1H2/t11-;/m0./s1/i10D;. The molecule has 0 bridgehead atoms. The molecule has 1 aliphatic carbocycles. The molecule has 0 saturated heterocycles. The number of rotatable bonds is 4. The fourth-order valence-corrected chi connectivity index (χ4v) is 2.19. The predicted molar refractivity (Wildman–Crippen MR) is 75.6 cm³/mol. The molecule has 0 aromatic rings. The third-order valence-corrected chi connectivity index (χ3v) is 3.04. The van der Waals surface area contributed by atoms with Gasteiger partial charge in [-0.3, -0.25) is 0 Å². The average Bonchev–Trinajstić information content (AvgIpc) is 2.25. The number of alkyl carbamates (subject to hydrolysis) is 1. The Morgan fingerprint density at radius 3 is 2.35 bits per heavy atom. The molecular formula is C14H27NO5. The van der Waals surface area contributed by atoms with Gasteiger partial charge in [0.2, 0.25) is 0 Å². The molecule has 1 amide bonds. The van der Waals surface area contributed by atoms with Crippen molar-refractivity contribution in [2.75, 3.05) is 0 Å². The van der Waals surface area contributed by atoms with E-state index < -0.39 is 29.6 Å². The number of carbonyl (C=O) groups is 2. The highest BCUT2D eigenvalue weighted by Crippen LogP contribution is 2.27. The zero-order chi connectivity index (χ0) is 15.4. The van der Waals surface area contributed by atoms with Crippen LogP contribution in [-0.2, 0) is 9.53 Å². The summed E-state index contributed by atoms with van der Waals surface area (Å²) < 4.78 is 13.4. The van der Waals surface area contributed by atoms with Crippen LogP contribution in [0.1, 0.15) is 60.7 Å². The number of hydrogen-bond donors (Lipinski definition) is 2. The van der Waals surface area contributed by atoms with Crippen LogP contribution >= 0.6 is 0 Å². The number of nitrogens with one attached hydrogen (secondary N) is 1. The Morgan fingerprint density at radius 2 is 1.90 bits per heavy atom. The van der Waals surface area contributed by atoms with E-state index in [0.717, 1.165) is 19.3 Å². The van der Waals surface area contributed by atoms with E-state index in [4.69, 9.17) is 6.11 Å². The van der Waals surface area contributed by atoms with E-state index in [1.807, 2.05) is 0 Å². The first kappa shape index (κ1) is 16.8. The summed E-state index contributed by atoms with van der Waals surface area (Å²) in [6.07, 6.45) is 3.74. The second kappa shape index (κ2) is 8.09. The molecule has 4 N–H and O–H groups in total. The molecule has 1 rings (SSSR count). The molecule has 0 aliphatic heterocycles. The molecule has 6 heteroatoms. The Labute approximate surface area is 121 Å². The Hall–Kier alpha value is -1.30. The lowest BCUT2D eigenvalue weighted by atomic mass is 9.85. The molecule has 118 valence electrons. The average molecular weight is 290 g/mol. The normalized spacial score (nSPS) is 20.1. The van der Waals surface area contributed by atoms with Crippen molar-refractivity contribution in [1.29, 1.82) is 0 Å². The second-order valence-electron chi connectivity index (χ2n) is 6.05. The first-order chi connectivity index (χ1) is 9.11. The molecule has 0 radical (unpaired) electrons. The van der Waals surface area contributed by atoms with Crippen LogP contribution in [0.3, 0.4) is 0 Å². The van der Waals surface area contributed by atoms with E-state index in [-0.39, 0.29) is 11.9 Å². The van der Waals surface area contributed by atoms with Gasteiger partial charge in [-0.15, -0.1) is 0 Å². The zero-order valence-electron chi connectivity index (χ0n) is 13.5. The number of carbonyl (C=O) groups excluding carboxylic acids is 1. The Balaban J connectivity index is 0.00000400. The van der Waals surface area contributed by atoms with Crippen LogP contribution < -0.4 is 5.32 Å². The molecule has 1 aliphatic rings. The van der Waals surface area contributed by atoms with E-state index in [0.29, 0.717) is 12.8 Å². The minimum absolute atomic E-state index is 0. The van der Waals surface area contributed by atoms with Crippen LogP contribution in [0.15, 0.2) is 0 Å². The van der Waals surface area contributed by atoms with Crippen LogP contribution in [-0.4, -0.2) is 34.3 Å². The van der Waals surface area contributed by atoms with Gasteiger partial charge in [-0.25, -0.2) is 9.59 Å². The Bertz CT molecular complexity index is 361. The van der Waals surface area contributed by atoms with Crippen molar-refractivity contribution < 1.29 is 26.3 Å². The number of carboxylic acid groups (broad SMARTS) is 1. The molecule has 1 atom stereocenters. The van der Waals surface area contributed by atoms with Crippen molar-refractivity contribution in [1.82, 2.24) is 5.32 Å². The van der Waals surface area contributed by atoms with Gasteiger partial charge in [-0.05, 0) is 33.1 Å². The van der Waals surface area contributed by atoms with Gasteiger partial charge in [0, 0.05) is 1.37 Å². The van der Waals surface area contributed by atoms with E-state index in [9.17, 15) is 14.7 Å². The Morgan fingerprint density at radius 1 is 1.35 bits per heavy atom. The van der Waals surface area contributed by atoms with Gasteiger partial charge in [0.05, 0.1) is 0 Å². The fourth-order valence-electron chi connectivity index (χ4n) is 2.19. The molecule has 1 fully saturated rings. The van der Waals surface area contributed by atoms with Crippen molar-refractivity contribution in [3.63, 3.8) is 0 Å². The van der Waals surface area contributed by atoms with Crippen molar-refractivity contribution in [2.24, 2.45) is 5.89 Å². The lowest BCUT2D eigenvalue weighted by Gasteiger charge is -2.26. The van der Waals surface area contributed by atoms with Crippen LogP contribution in [0.4, 0.5) is 4.79 Å². The van der Waals surface area contributed by atoms with E-state index in [1.165, 1.54) is 0 Å². The Kier molecular flexibility index (Phi) is 6.78. The van der Waals surface area contributed by atoms with Crippen LogP contribution in [0.2, 0.25) is 0 Å². The van der Waals surface area contributed by atoms with E-state index in [1.54, 1.807) is 20.8 Å². The molecular weight excluding hydrogens is 262 g/mol. The van der Waals surface area contributed by atoms with Crippen LogP contribution in [0.5, 0.6) is 0 Å². The summed E-state index contributed by atoms with van der Waals surface area (Å²) in [5.74, 6) is -1.87. The van der Waals surface area contributed by atoms with Crippen LogP contribution in [0.25, 0.3) is 0 Å². The summed E-state index contributed by atoms with van der Waals surface area (Å²) in [4.78, 5) is 22.9. The van der Waals surface area contributed by atoms with Crippen molar-refractivity contribution in [3.05, 3.63) is 0 Å².